The summed E-state index contributed by atoms with van der Waals surface area (Å²) in [7, 11) is 0. The summed E-state index contributed by atoms with van der Waals surface area (Å²) in [5.41, 5.74) is 2.92. The predicted octanol–water partition coefficient (Wildman–Crippen LogP) is 5.30. The summed E-state index contributed by atoms with van der Waals surface area (Å²) in [5.74, 6) is 1.17. The van der Waals surface area contributed by atoms with Crippen LogP contribution in [0.3, 0.4) is 0 Å². The molecule has 2 amide bonds. The maximum absolute atomic E-state index is 14.2. The Morgan fingerprint density at radius 2 is 1.66 bits per heavy atom. The molecule has 10 heteroatoms. The van der Waals surface area contributed by atoms with Gasteiger partial charge in [-0.15, -0.1) is 0 Å². The lowest BCUT2D eigenvalue weighted by Gasteiger charge is -2.42. The molecule has 1 saturated heterocycles. The average Bonchev–Trinajstić information content (AvgIpc) is 3.12. The Kier molecular flexibility index (Phi) is 9.72. The molecule has 47 heavy (non-hydrogen) atoms. The van der Waals surface area contributed by atoms with Crippen molar-refractivity contribution in [2.45, 2.75) is 39.2 Å². The number of aromatic nitrogens is 3. The summed E-state index contributed by atoms with van der Waals surface area (Å²) < 4.78 is 6.57. The van der Waals surface area contributed by atoms with E-state index in [0.29, 0.717) is 67.6 Å². The number of anilines is 1. The lowest BCUT2D eigenvalue weighted by atomic mass is 9.75. The van der Waals surface area contributed by atoms with Gasteiger partial charge < -0.3 is 19.4 Å². The first-order valence-corrected chi connectivity index (χ1v) is 16.2. The highest BCUT2D eigenvalue weighted by molar-refractivity contribution is 5.97. The number of piperidine rings is 1. The lowest BCUT2D eigenvalue weighted by Crippen LogP contribution is -2.46. The van der Waals surface area contributed by atoms with Crippen molar-refractivity contribution in [1.29, 1.82) is 5.26 Å². The molecule has 0 radical (unpaired) electrons. The fourth-order valence-corrected chi connectivity index (χ4v) is 6.51. The monoisotopic (exact) mass is 629 g/mol. The summed E-state index contributed by atoms with van der Waals surface area (Å²) in [5, 5.41) is 9.34. The maximum Gasteiger partial charge on any atom is 0.274 e. The lowest BCUT2D eigenvalue weighted by molar-refractivity contribution is 0.0359. The molecular formula is C37H39N7O3. The van der Waals surface area contributed by atoms with Gasteiger partial charge in [0.05, 0.1) is 23.4 Å². The van der Waals surface area contributed by atoms with Crippen molar-refractivity contribution in [1.82, 2.24) is 24.8 Å². The van der Waals surface area contributed by atoms with E-state index in [-0.39, 0.29) is 17.2 Å². The molecule has 1 fully saturated rings. The van der Waals surface area contributed by atoms with Crippen LogP contribution in [-0.4, -0.2) is 75.9 Å². The Morgan fingerprint density at radius 3 is 2.40 bits per heavy atom. The number of hydrogen-bond donors (Lipinski definition) is 0. The van der Waals surface area contributed by atoms with E-state index in [1.165, 1.54) is 0 Å². The van der Waals surface area contributed by atoms with Crippen molar-refractivity contribution in [3.05, 3.63) is 113 Å². The highest BCUT2D eigenvalue weighted by Gasteiger charge is 2.38. The quantitative estimate of drug-likeness (QED) is 0.299. The molecule has 2 aromatic heterocycles. The van der Waals surface area contributed by atoms with Crippen molar-refractivity contribution in [2.75, 3.05) is 44.2 Å². The van der Waals surface area contributed by atoms with Crippen molar-refractivity contribution in [2.24, 2.45) is 5.41 Å². The SMILES string of the molecule is Cc1nccnc1C(=O)N1CCC2(CCCN(c3ccc(C#N)cn3)CCN(Cc3ccccc3)C(=O)c3ccccc3OC2)CC1. The van der Waals surface area contributed by atoms with Crippen molar-refractivity contribution < 1.29 is 14.3 Å². The Hall–Kier alpha value is -5.30. The minimum absolute atomic E-state index is 0.0924. The molecule has 0 atom stereocenters. The normalized spacial score (nSPS) is 17.0. The zero-order chi connectivity index (χ0) is 32.6. The fraction of sp³-hybridized carbons (Fsp3) is 0.351. The van der Waals surface area contributed by atoms with E-state index in [9.17, 15) is 14.9 Å². The molecule has 0 aliphatic carbocycles. The van der Waals surface area contributed by atoms with Gasteiger partial charge >= 0.3 is 0 Å². The van der Waals surface area contributed by atoms with E-state index in [2.05, 4.69) is 25.9 Å². The molecule has 0 N–H and O–H groups in total. The van der Waals surface area contributed by atoms with Crippen LogP contribution < -0.4 is 9.64 Å². The van der Waals surface area contributed by atoms with Gasteiger partial charge in [-0.05, 0) is 62.4 Å². The van der Waals surface area contributed by atoms with Gasteiger partial charge in [-0.3, -0.25) is 14.6 Å². The number of nitriles is 1. The fourth-order valence-electron chi connectivity index (χ4n) is 6.51. The minimum Gasteiger partial charge on any atom is -0.492 e. The first-order chi connectivity index (χ1) is 22.9. The zero-order valence-corrected chi connectivity index (χ0v) is 26.7. The number of hydrogen-bond acceptors (Lipinski definition) is 8. The maximum atomic E-state index is 14.2. The third-order valence-electron chi connectivity index (χ3n) is 9.33. The largest absolute Gasteiger partial charge is 0.492 e. The Bertz CT molecular complexity index is 1730. The predicted molar refractivity (Wildman–Crippen MR) is 178 cm³/mol. The number of para-hydroxylation sites is 1. The van der Waals surface area contributed by atoms with Gasteiger partial charge in [0.25, 0.3) is 11.8 Å². The number of fused-ring (bicyclic) bond motifs is 1. The van der Waals surface area contributed by atoms with Gasteiger partial charge in [0.2, 0.25) is 0 Å². The minimum atomic E-state index is -0.189. The molecule has 240 valence electrons. The molecule has 4 heterocycles. The van der Waals surface area contributed by atoms with Crippen LogP contribution in [0.1, 0.15) is 63.4 Å². The second kappa shape index (κ2) is 14.4. The number of nitrogens with zero attached hydrogens (tertiary/aromatic N) is 7. The van der Waals surface area contributed by atoms with Gasteiger partial charge in [-0.25, -0.2) is 9.97 Å². The summed E-state index contributed by atoms with van der Waals surface area (Å²) in [4.78, 5) is 46.7. The van der Waals surface area contributed by atoms with Crippen molar-refractivity contribution >= 4 is 17.6 Å². The van der Waals surface area contributed by atoms with Gasteiger partial charge in [0.1, 0.15) is 23.3 Å². The first-order valence-electron chi connectivity index (χ1n) is 16.2. The molecule has 2 aromatic carbocycles. The van der Waals surface area contributed by atoms with E-state index in [0.717, 1.165) is 43.6 Å². The average molecular weight is 630 g/mol. The van der Waals surface area contributed by atoms with Gasteiger partial charge in [0, 0.05) is 63.3 Å². The summed E-state index contributed by atoms with van der Waals surface area (Å²) >= 11 is 0. The van der Waals surface area contributed by atoms with E-state index in [1.54, 1.807) is 24.7 Å². The Morgan fingerprint density at radius 1 is 0.894 bits per heavy atom. The Labute approximate surface area is 275 Å². The summed E-state index contributed by atoms with van der Waals surface area (Å²) in [6.45, 7) is 5.67. The molecule has 2 aliphatic heterocycles. The number of ether oxygens (including phenoxy) is 1. The number of amides is 2. The molecule has 0 saturated carbocycles. The van der Waals surface area contributed by atoms with Crippen LogP contribution in [0.2, 0.25) is 0 Å². The van der Waals surface area contributed by atoms with Gasteiger partial charge in [-0.1, -0.05) is 42.5 Å². The molecule has 0 unspecified atom stereocenters. The van der Waals surface area contributed by atoms with Crippen LogP contribution in [0, 0.1) is 23.7 Å². The van der Waals surface area contributed by atoms with Crippen molar-refractivity contribution in [3.8, 4) is 11.8 Å². The number of carbonyl (C=O) groups excluding carboxylic acids is 2. The number of benzene rings is 2. The second-order valence-corrected chi connectivity index (χ2v) is 12.4. The smallest absolute Gasteiger partial charge is 0.274 e. The molecule has 2 aliphatic rings. The number of aryl methyl sites for hydroxylation is 1. The van der Waals surface area contributed by atoms with Crippen LogP contribution in [0.5, 0.6) is 5.75 Å². The molecule has 6 rings (SSSR count). The van der Waals surface area contributed by atoms with Gasteiger partial charge in [0.15, 0.2) is 0 Å². The van der Waals surface area contributed by atoms with Crippen LogP contribution in [0.25, 0.3) is 0 Å². The number of carbonyl (C=O) groups is 2. The van der Waals surface area contributed by atoms with Crippen LogP contribution in [0.4, 0.5) is 5.82 Å². The molecule has 10 nitrogen and oxygen atoms in total. The van der Waals surface area contributed by atoms with Crippen LogP contribution in [0.15, 0.2) is 85.3 Å². The standard InChI is InChI=1S/C37H39N7O3/c1-28-34(40-18-17-39-28)36(46)43-20-15-37(16-21-43)14-7-19-42(33-13-12-30(24-38)25-41-33)22-23-44(26-29-8-3-2-4-9-29)35(45)31-10-5-6-11-32(31)47-27-37/h2-6,8-13,17-18,25H,7,14-16,19-23,26-27H2,1H3. The van der Waals surface area contributed by atoms with E-state index >= 15 is 0 Å². The second-order valence-electron chi connectivity index (χ2n) is 12.4. The highest BCUT2D eigenvalue weighted by Crippen LogP contribution is 2.38. The number of likely N-dealkylation sites (tertiary alicyclic amines) is 1. The Balaban J connectivity index is 1.28. The van der Waals surface area contributed by atoms with Gasteiger partial charge in [-0.2, -0.15) is 5.26 Å². The highest BCUT2D eigenvalue weighted by atomic mass is 16.5. The number of pyridine rings is 1. The third-order valence-corrected chi connectivity index (χ3v) is 9.33. The van der Waals surface area contributed by atoms with E-state index in [4.69, 9.17) is 4.74 Å². The van der Waals surface area contributed by atoms with Crippen molar-refractivity contribution in [3.63, 3.8) is 0 Å². The summed E-state index contributed by atoms with van der Waals surface area (Å²) in [6.07, 6.45) is 8.05. The van der Waals surface area contributed by atoms with E-state index in [1.807, 2.05) is 77.4 Å². The summed E-state index contributed by atoms with van der Waals surface area (Å²) in [6, 6.07) is 23.3. The molecule has 0 bridgehead atoms. The zero-order valence-electron chi connectivity index (χ0n) is 26.7. The molecular weight excluding hydrogens is 590 g/mol. The molecule has 1 spiro atoms. The molecule has 4 aromatic rings. The van der Waals surface area contributed by atoms with E-state index < -0.39 is 0 Å². The topological polar surface area (TPSA) is 116 Å². The van der Waals surface area contributed by atoms with Crippen LogP contribution in [-0.2, 0) is 6.54 Å². The van der Waals surface area contributed by atoms with Crippen LogP contribution >= 0.6 is 0 Å². The third kappa shape index (κ3) is 7.41. The number of rotatable bonds is 4. The first kappa shape index (κ1) is 31.7.